The molecule has 14 aromatic rings. The average molecular weight is 898 g/mol. The molecule has 0 fully saturated rings. The maximum Gasteiger partial charge on any atom is 0.136 e. The van der Waals surface area contributed by atoms with Crippen LogP contribution in [0.2, 0.25) is 0 Å². The minimum absolute atomic E-state index is 0.105. The van der Waals surface area contributed by atoms with Crippen LogP contribution in [0.15, 0.2) is 247 Å². The van der Waals surface area contributed by atoms with Crippen molar-refractivity contribution < 1.29 is 4.42 Å². The van der Waals surface area contributed by atoms with Crippen molar-refractivity contribution in [2.24, 2.45) is 0 Å². The summed E-state index contributed by atoms with van der Waals surface area (Å²) in [4.78, 5) is 2.50. The Morgan fingerprint density at radius 3 is 1.77 bits per heavy atom. The zero-order chi connectivity index (χ0) is 45.4. The van der Waals surface area contributed by atoms with Crippen molar-refractivity contribution in [2.45, 2.75) is 12.3 Å². The Bertz CT molecular complexity index is 4300. The molecule has 0 aliphatic heterocycles. The van der Waals surface area contributed by atoms with Crippen molar-refractivity contribution in [3.8, 4) is 11.1 Å². The smallest absolute Gasteiger partial charge is 0.136 e. The molecule has 0 N–H and O–H groups in total. The molecule has 69 heavy (non-hydrogen) atoms. The molecule has 324 valence electrons. The lowest BCUT2D eigenvalue weighted by molar-refractivity contribution is 0.669. The second-order valence-corrected chi connectivity index (χ2v) is 19.3. The Morgan fingerprint density at radius 2 is 0.957 bits per heavy atom. The summed E-state index contributed by atoms with van der Waals surface area (Å²) in [6.45, 7) is 0. The van der Waals surface area contributed by atoms with Crippen molar-refractivity contribution >= 4 is 114 Å². The van der Waals surface area contributed by atoms with E-state index in [1.807, 2.05) is 11.3 Å². The topological polar surface area (TPSA) is 16.4 Å². The van der Waals surface area contributed by atoms with Gasteiger partial charge in [0.1, 0.15) is 11.2 Å². The fourth-order valence-corrected chi connectivity index (χ4v) is 12.8. The van der Waals surface area contributed by atoms with Crippen molar-refractivity contribution in [1.29, 1.82) is 0 Å². The summed E-state index contributed by atoms with van der Waals surface area (Å²) in [5.41, 5.74) is 11.6. The van der Waals surface area contributed by atoms with Gasteiger partial charge in [-0.1, -0.05) is 194 Å². The third kappa shape index (κ3) is 6.39. The van der Waals surface area contributed by atoms with Crippen molar-refractivity contribution in [1.82, 2.24) is 0 Å². The molecular formula is C66H43NOS. The van der Waals surface area contributed by atoms with E-state index in [0.29, 0.717) is 0 Å². The van der Waals surface area contributed by atoms with Crippen LogP contribution in [0.1, 0.15) is 22.6 Å². The number of furan rings is 1. The maximum absolute atomic E-state index is 6.49. The van der Waals surface area contributed by atoms with Crippen LogP contribution < -0.4 is 4.90 Å². The molecule has 1 unspecified atom stereocenters. The minimum atomic E-state index is 0.105. The number of hydrogen-bond acceptors (Lipinski definition) is 3. The molecule has 0 saturated carbocycles. The summed E-state index contributed by atoms with van der Waals surface area (Å²) in [5, 5.41) is 14.8. The van der Waals surface area contributed by atoms with Gasteiger partial charge in [0.2, 0.25) is 0 Å². The van der Waals surface area contributed by atoms with Crippen LogP contribution in [-0.2, 0) is 6.42 Å². The molecule has 0 saturated heterocycles. The first kappa shape index (κ1) is 39.6. The predicted molar refractivity (Wildman–Crippen MR) is 295 cm³/mol. The van der Waals surface area contributed by atoms with Crippen LogP contribution in [0.25, 0.3) is 96.3 Å². The van der Waals surface area contributed by atoms with E-state index in [0.717, 1.165) is 45.4 Å². The highest BCUT2D eigenvalue weighted by Crippen LogP contribution is 2.51. The Balaban J connectivity index is 1.02. The number of rotatable bonds is 8. The van der Waals surface area contributed by atoms with E-state index in [4.69, 9.17) is 4.42 Å². The quantitative estimate of drug-likeness (QED) is 0.112. The van der Waals surface area contributed by atoms with Crippen LogP contribution in [0.3, 0.4) is 0 Å². The molecule has 0 radical (unpaired) electrons. The van der Waals surface area contributed by atoms with E-state index >= 15 is 0 Å². The fourth-order valence-electron chi connectivity index (χ4n) is 11.4. The van der Waals surface area contributed by atoms with Crippen molar-refractivity contribution in [3.05, 3.63) is 259 Å². The molecule has 0 bridgehead atoms. The highest BCUT2D eigenvalue weighted by atomic mass is 32.1. The molecule has 2 aromatic heterocycles. The van der Waals surface area contributed by atoms with Crippen molar-refractivity contribution in [2.75, 3.05) is 4.90 Å². The summed E-state index contributed by atoms with van der Waals surface area (Å²) >= 11 is 1.93. The van der Waals surface area contributed by atoms with Gasteiger partial charge in [-0.05, 0) is 120 Å². The van der Waals surface area contributed by atoms with Gasteiger partial charge >= 0.3 is 0 Å². The van der Waals surface area contributed by atoms with Gasteiger partial charge in [-0.15, -0.1) is 11.3 Å². The molecule has 0 aliphatic carbocycles. The Hall–Kier alpha value is -8.50. The molecule has 12 aromatic carbocycles. The summed E-state index contributed by atoms with van der Waals surface area (Å²) in [6, 6.07) is 89.2. The normalized spacial score (nSPS) is 12.3. The first-order valence-corrected chi connectivity index (χ1v) is 24.7. The number of fused-ring (bicyclic) bond motifs is 11. The summed E-state index contributed by atoms with van der Waals surface area (Å²) in [5.74, 6) is 0.105. The number of benzene rings is 12. The maximum atomic E-state index is 6.49. The molecule has 2 nitrogen and oxygen atoms in total. The van der Waals surface area contributed by atoms with Crippen LogP contribution in [0.5, 0.6) is 0 Å². The number of thiophene rings is 1. The second-order valence-electron chi connectivity index (χ2n) is 18.2. The molecular weight excluding hydrogens is 855 g/mol. The third-order valence-corrected chi connectivity index (χ3v) is 15.7. The molecule has 0 amide bonds. The monoisotopic (exact) mass is 897 g/mol. The average Bonchev–Trinajstić information content (AvgIpc) is 4.00. The predicted octanol–water partition coefficient (Wildman–Crippen LogP) is 19.1. The molecule has 2 heterocycles. The van der Waals surface area contributed by atoms with Crippen LogP contribution in [-0.4, -0.2) is 0 Å². The van der Waals surface area contributed by atoms with E-state index in [-0.39, 0.29) is 5.92 Å². The van der Waals surface area contributed by atoms with Gasteiger partial charge in [0.05, 0.1) is 16.1 Å². The van der Waals surface area contributed by atoms with Gasteiger partial charge in [-0.3, -0.25) is 0 Å². The summed E-state index contributed by atoms with van der Waals surface area (Å²) in [6.07, 6.45) is 0.883. The minimum Gasteiger partial charge on any atom is -0.456 e. The van der Waals surface area contributed by atoms with E-state index in [9.17, 15) is 0 Å². The van der Waals surface area contributed by atoms with Crippen molar-refractivity contribution in [3.63, 3.8) is 0 Å². The Morgan fingerprint density at radius 1 is 0.377 bits per heavy atom. The van der Waals surface area contributed by atoms with Gasteiger partial charge in [0, 0.05) is 43.2 Å². The highest BCUT2D eigenvalue weighted by molar-refractivity contribution is 7.26. The Kier molecular flexibility index (Phi) is 9.24. The van der Waals surface area contributed by atoms with Crippen LogP contribution in [0.4, 0.5) is 17.1 Å². The van der Waals surface area contributed by atoms with Crippen LogP contribution in [0, 0.1) is 0 Å². The van der Waals surface area contributed by atoms with E-state index in [1.165, 1.54) is 91.1 Å². The van der Waals surface area contributed by atoms with Gasteiger partial charge < -0.3 is 9.32 Å². The van der Waals surface area contributed by atoms with Gasteiger partial charge in [0.15, 0.2) is 0 Å². The largest absolute Gasteiger partial charge is 0.456 e. The van der Waals surface area contributed by atoms with E-state index < -0.39 is 0 Å². The zero-order valence-corrected chi connectivity index (χ0v) is 38.5. The fraction of sp³-hybridized carbons (Fsp3) is 0.0303. The first-order chi connectivity index (χ1) is 34.2. The number of nitrogens with zero attached hydrogens (tertiary/aromatic N) is 1. The lowest BCUT2D eigenvalue weighted by Gasteiger charge is -2.28. The van der Waals surface area contributed by atoms with E-state index in [2.05, 4.69) is 248 Å². The molecule has 0 spiro atoms. The SMILES string of the molecule is c1ccc(CC(c2cc3ccccc3c3ccccc23)c2cccc3c2sc2c(N(c4ccccc4)c4cccc5c(-c6cccc7oc8ccccc8c67)c6ccccc6cc45)cccc23)cc1. The third-order valence-electron chi connectivity index (χ3n) is 14.4. The zero-order valence-electron chi connectivity index (χ0n) is 37.6. The lowest BCUT2D eigenvalue weighted by Crippen LogP contribution is -2.10. The summed E-state index contributed by atoms with van der Waals surface area (Å²) in [7, 11) is 0. The van der Waals surface area contributed by atoms with Gasteiger partial charge in [-0.25, -0.2) is 0 Å². The standard InChI is InChI=1S/C66H43NOS/c1-3-19-42(20-4-1)39-56(57-40-43-21-7-9-25-46(43)48-27-11-12-28-49(48)57)53-32-15-31-51-52-33-17-36-60(66(52)69-65(51)53)67(45-23-5-2-6-24-45)59-35-16-30-50-58(59)41-44-22-8-10-26-47(44)63(50)55-34-18-38-62-64(55)54-29-13-14-37-61(54)68-62/h1-38,40-41,56H,39H2. The molecule has 1 atom stereocenters. The lowest BCUT2D eigenvalue weighted by atomic mass is 9.81. The first-order valence-electron chi connectivity index (χ1n) is 23.8. The second kappa shape index (κ2) is 16.1. The highest BCUT2D eigenvalue weighted by Gasteiger charge is 2.26. The number of para-hydroxylation sites is 2. The summed E-state index contributed by atoms with van der Waals surface area (Å²) < 4.78 is 9.08. The van der Waals surface area contributed by atoms with Gasteiger partial charge in [0.25, 0.3) is 0 Å². The molecule has 14 rings (SSSR count). The molecule has 3 heteroatoms. The number of hydrogen-bond donors (Lipinski definition) is 0. The van der Waals surface area contributed by atoms with E-state index in [1.54, 1.807) is 0 Å². The van der Waals surface area contributed by atoms with Gasteiger partial charge in [-0.2, -0.15) is 0 Å². The number of anilines is 3. The molecule has 0 aliphatic rings. The van der Waals surface area contributed by atoms with Crippen LogP contribution >= 0.6 is 11.3 Å². The Labute approximate surface area is 403 Å².